The molecule has 0 saturated heterocycles. The van der Waals surface area contributed by atoms with Gasteiger partial charge >= 0.3 is 102 Å². The van der Waals surface area contributed by atoms with E-state index in [1.165, 1.54) is 21.5 Å². The van der Waals surface area contributed by atoms with E-state index in [1.54, 1.807) is 6.92 Å². The van der Waals surface area contributed by atoms with E-state index in [1.807, 2.05) is 61.5 Å². The molecule has 0 radical (unpaired) electrons. The Hall–Kier alpha value is -3.96. The second kappa shape index (κ2) is 19.2. The number of nitrogens with one attached hydrogen (secondary N) is 1. The summed E-state index contributed by atoms with van der Waals surface area (Å²) in [5, 5.41) is 6.95. The van der Waals surface area contributed by atoms with Crippen LogP contribution in [-0.4, -0.2) is 10.5 Å². The summed E-state index contributed by atoms with van der Waals surface area (Å²) in [5.41, 5.74) is 2.48. The third-order valence-corrected chi connectivity index (χ3v) is 8.28. The van der Waals surface area contributed by atoms with Gasteiger partial charge < -0.3 is 0 Å². The van der Waals surface area contributed by atoms with Crippen LogP contribution in [-0.2, 0) is 25.0 Å². The van der Waals surface area contributed by atoms with Gasteiger partial charge in [0.15, 0.2) is 0 Å². The molecule has 1 N–H and O–H groups in total. The fraction of sp³-hybridized carbons (Fsp3) is 0.0571. The summed E-state index contributed by atoms with van der Waals surface area (Å²) >= 11 is 2.99. The standard InChI is InChI=1S/C18H15P.C11H11NO.C5H5.CO.Mn/c1-4-10-16(11-5-1)19(17-12-6-2-7-13-17)18-14-8-3-9-15-18;1-8(2)11(13)12-10-6-4-9(3)5-7-10;1-2-4-5-3-1;1-2;/h1-15H;4-7H,1,3H3,(H,12,13);1-5H;;/q;;-1;;. The van der Waals surface area contributed by atoms with Crippen molar-refractivity contribution in [3.05, 3.63) is 163 Å². The molecule has 5 rings (SSSR count). The van der Waals surface area contributed by atoms with Crippen molar-refractivity contribution in [3.8, 4) is 0 Å². The molecule has 0 aliphatic rings. The summed E-state index contributed by atoms with van der Waals surface area (Å²) in [7, 11) is -0.446. The predicted octanol–water partition coefficient (Wildman–Crippen LogP) is 6.64. The average molecular weight is 584 g/mol. The molecule has 0 aromatic heterocycles. The van der Waals surface area contributed by atoms with Gasteiger partial charge in [0.25, 0.3) is 0 Å². The minimum atomic E-state index is -0.446. The second-order valence-electron chi connectivity index (χ2n) is 8.34. The van der Waals surface area contributed by atoms with Crippen LogP contribution in [0.25, 0.3) is 0 Å². The number of hydrogen-bond donors (Lipinski definition) is 1. The van der Waals surface area contributed by atoms with Gasteiger partial charge in [-0.2, -0.15) is 18.2 Å². The molecule has 0 aliphatic carbocycles. The molecule has 0 spiro atoms. The van der Waals surface area contributed by atoms with Crippen LogP contribution in [0.3, 0.4) is 0 Å². The van der Waals surface area contributed by atoms with Crippen molar-refractivity contribution in [1.82, 2.24) is 0 Å². The maximum Gasteiger partial charge on any atom is -0.0134 e. The first kappa shape index (κ1) is 32.3. The summed E-state index contributed by atoms with van der Waals surface area (Å²) in [6, 6.07) is 50.0. The molecule has 3 nitrogen and oxygen atoms in total. The van der Waals surface area contributed by atoms with Gasteiger partial charge in [0.2, 0.25) is 0 Å². The van der Waals surface area contributed by atoms with E-state index < -0.39 is 7.92 Å². The van der Waals surface area contributed by atoms with Crippen LogP contribution >= 0.6 is 7.92 Å². The van der Waals surface area contributed by atoms with E-state index in [0.29, 0.717) is 5.57 Å². The summed E-state index contributed by atoms with van der Waals surface area (Å²) in [5.74, 6) is -0.147. The first-order chi connectivity index (χ1) is 19.6. The smallest absolute Gasteiger partial charge is 0.0134 e. The predicted molar refractivity (Wildman–Crippen MR) is 165 cm³/mol. The minimum absolute atomic E-state index is 0.147. The third-order valence-electron chi connectivity index (χ3n) is 5.39. The van der Waals surface area contributed by atoms with E-state index in [2.05, 4.69) is 123 Å². The zero-order valence-electron chi connectivity index (χ0n) is 22.5. The summed E-state index contributed by atoms with van der Waals surface area (Å²) in [6.07, 6.45) is 0. The molecular weight excluding hydrogens is 552 g/mol. The Balaban J connectivity index is 0.000000233. The van der Waals surface area contributed by atoms with Crippen molar-refractivity contribution < 1.29 is 25.0 Å². The van der Waals surface area contributed by atoms with Crippen LogP contribution in [0.15, 0.2) is 151 Å². The summed E-state index contributed by atoms with van der Waals surface area (Å²) in [4.78, 5) is 11.4. The Morgan fingerprint density at radius 3 is 1.45 bits per heavy atom. The Kier molecular flexibility index (Phi) is 15.4. The minimum Gasteiger partial charge on any atom is -0.214 e. The quantitative estimate of drug-likeness (QED) is 0.0815. The Morgan fingerprint density at radius 1 is 0.725 bits per heavy atom. The van der Waals surface area contributed by atoms with Crippen LogP contribution < -0.4 is 21.2 Å². The van der Waals surface area contributed by atoms with Crippen molar-refractivity contribution >= 4 is 40.0 Å². The van der Waals surface area contributed by atoms with Gasteiger partial charge in [0, 0.05) is 0 Å². The number of carbonyl (C=O) groups excluding carboxylic acids is 1. The number of benzene rings is 4. The third kappa shape index (κ3) is 11.4. The molecule has 0 saturated carbocycles. The van der Waals surface area contributed by atoms with Crippen molar-refractivity contribution in [2.75, 3.05) is 5.32 Å². The molecule has 1 amide bonds. The maximum atomic E-state index is 11.4. The largest absolute Gasteiger partial charge is 0.214 e. The molecule has 0 aliphatic heterocycles. The number of aryl methyl sites for hydroxylation is 1. The maximum absolute atomic E-state index is 11.4. The van der Waals surface area contributed by atoms with Crippen LogP contribution in [0.4, 0.5) is 5.69 Å². The Bertz CT molecular complexity index is 1330. The van der Waals surface area contributed by atoms with Gasteiger partial charge in [0.05, 0.1) is 0 Å². The van der Waals surface area contributed by atoms with E-state index in [9.17, 15) is 4.79 Å². The van der Waals surface area contributed by atoms with Crippen molar-refractivity contribution in [2.24, 2.45) is 0 Å². The normalized spacial score (nSPS) is 9.22. The van der Waals surface area contributed by atoms with Crippen molar-refractivity contribution in [3.63, 3.8) is 0 Å². The zero-order chi connectivity index (χ0) is 29.0. The molecule has 0 fully saturated rings. The first-order valence-corrected chi connectivity index (χ1v) is 14.4. The van der Waals surface area contributed by atoms with Gasteiger partial charge in [-0.3, -0.25) is 0 Å². The summed E-state index contributed by atoms with van der Waals surface area (Å²) in [6.45, 7) is 8.20. The SMILES string of the molecule is CC(=[C]=[Mn])C(=O)Nc1ccc(C)cc1.[C-]#[O+].c1cc[cH-]c1.c1ccc(P(c2ccccc2)c2ccccc2)cc1. The van der Waals surface area contributed by atoms with Crippen molar-refractivity contribution in [2.45, 2.75) is 13.8 Å². The fourth-order valence-electron chi connectivity index (χ4n) is 3.40. The van der Waals surface area contributed by atoms with Gasteiger partial charge in [-0.1, -0.05) is 91.0 Å². The number of carbonyl (C=O) groups is 1. The van der Waals surface area contributed by atoms with E-state index in [0.717, 1.165) is 5.69 Å². The Morgan fingerprint density at radius 2 is 1.12 bits per heavy atom. The molecule has 0 unspecified atom stereocenters. The second-order valence-corrected chi connectivity index (χ2v) is 10.9. The van der Waals surface area contributed by atoms with Crippen molar-refractivity contribution in [1.29, 1.82) is 0 Å². The van der Waals surface area contributed by atoms with Crippen LogP contribution in [0.2, 0.25) is 0 Å². The van der Waals surface area contributed by atoms with Gasteiger partial charge in [0.1, 0.15) is 0 Å². The zero-order valence-corrected chi connectivity index (χ0v) is 24.6. The molecule has 201 valence electrons. The molecule has 0 heterocycles. The Labute approximate surface area is 246 Å². The van der Waals surface area contributed by atoms with Gasteiger partial charge in [-0.25, -0.2) is 12.1 Å². The molecule has 5 heteroatoms. The number of hydrogen-bond acceptors (Lipinski definition) is 1. The molecule has 5 aromatic rings. The monoisotopic (exact) mass is 583 g/mol. The van der Waals surface area contributed by atoms with E-state index in [4.69, 9.17) is 4.65 Å². The first-order valence-electron chi connectivity index (χ1n) is 12.5. The number of anilines is 1. The fourth-order valence-corrected chi connectivity index (χ4v) is 5.84. The van der Waals surface area contributed by atoms with Gasteiger partial charge in [-0.05, 0) is 23.8 Å². The van der Waals surface area contributed by atoms with E-state index in [-0.39, 0.29) is 5.91 Å². The average Bonchev–Trinajstić information content (AvgIpc) is 3.62. The van der Waals surface area contributed by atoms with Crippen LogP contribution in [0.1, 0.15) is 12.5 Å². The molecule has 0 atom stereocenters. The number of rotatable bonds is 5. The van der Waals surface area contributed by atoms with Crippen LogP contribution in [0.5, 0.6) is 0 Å². The molecule has 40 heavy (non-hydrogen) atoms. The molecule has 5 aromatic carbocycles. The van der Waals surface area contributed by atoms with E-state index >= 15 is 0 Å². The topological polar surface area (TPSA) is 49.0 Å². The summed E-state index contributed by atoms with van der Waals surface area (Å²) < 4.78 is 10.1. The number of amides is 1. The van der Waals surface area contributed by atoms with Crippen LogP contribution in [0, 0.1) is 13.6 Å². The van der Waals surface area contributed by atoms with Gasteiger partial charge in [-0.15, -0.1) is 0 Å². The molecular formula is C35H31MnNO2P-. The molecule has 0 bridgehead atoms.